The lowest BCUT2D eigenvalue weighted by Gasteiger charge is -2.07. The van der Waals surface area contributed by atoms with E-state index < -0.39 is 5.82 Å². The molecule has 19 heavy (non-hydrogen) atoms. The molecule has 0 amide bonds. The standard InChI is InChI=1S/C15H14FN3/c1-11-2-3-12(10-19-11)6-7-18-15-5-4-13(9-17)8-14(15)16/h2-5,8,10,18H,6-7H2,1H3. The van der Waals surface area contributed by atoms with E-state index in [0.717, 1.165) is 17.7 Å². The smallest absolute Gasteiger partial charge is 0.147 e. The van der Waals surface area contributed by atoms with Crippen LogP contribution in [-0.4, -0.2) is 11.5 Å². The molecular weight excluding hydrogens is 241 g/mol. The Kier molecular flexibility index (Phi) is 4.09. The van der Waals surface area contributed by atoms with Gasteiger partial charge in [0.1, 0.15) is 5.82 Å². The van der Waals surface area contributed by atoms with E-state index in [4.69, 9.17) is 5.26 Å². The third-order valence-corrected chi connectivity index (χ3v) is 2.80. The van der Waals surface area contributed by atoms with E-state index >= 15 is 0 Å². The van der Waals surface area contributed by atoms with Crippen LogP contribution in [-0.2, 0) is 6.42 Å². The van der Waals surface area contributed by atoms with E-state index in [1.54, 1.807) is 12.1 Å². The van der Waals surface area contributed by atoms with Gasteiger partial charge in [-0.1, -0.05) is 6.07 Å². The van der Waals surface area contributed by atoms with Crippen LogP contribution in [0.5, 0.6) is 0 Å². The summed E-state index contributed by atoms with van der Waals surface area (Å²) in [6.07, 6.45) is 2.60. The average Bonchev–Trinajstić information content (AvgIpc) is 2.42. The number of nitrogens with one attached hydrogen (secondary N) is 1. The van der Waals surface area contributed by atoms with Gasteiger partial charge in [0.05, 0.1) is 17.3 Å². The van der Waals surface area contributed by atoms with Gasteiger partial charge < -0.3 is 5.32 Å². The van der Waals surface area contributed by atoms with Crippen molar-refractivity contribution in [3.05, 3.63) is 59.2 Å². The molecule has 0 saturated heterocycles. The van der Waals surface area contributed by atoms with Crippen molar-refractivity contribution in [2.75, 3.05) is 11.9 Å². The first-order valence-corrected chi connectivity index (χ1v) is 6.04. The summed E-state index contributed by atoms with van der Waals surface area (Å²) in [7, 11) is 0. The lowest BCUT2D eigenvalue weighted by atomic mass is 10.2. The first kappa shape index (κ1) is 13.0. The van der Waals surface area contributed by atoms with E-state index in [2.05, 4.69) is 10.3 Å². The second-order valence-corrected chi connectivity index (χ2v) is 4.29. The Morgan fingerprint density at radius 3 is 2.79 bits per heavy atom. The molecular formula is C15H14FN3. The number of benzene rings is 1. The number of hydrogen-bond acceptors (Lipinski definition) is 3. The van der Waals surface area contributed by atoms with Crippen molar-refractivity contribution in [1.82, 2.24) is 4.98 Å². The molecule has 0 bridgehead atoms. The van der Waals surface area contributed by atoms with Crippen molar-refractivity contribution in [3.8, 4) is 6.07 Å². The third kappa shape index (κ3) is 3.52. The van der Waals surface area contributed by atoms with E-state index in [9.17, 15) is 4.39 Å². The van der Waals surface area contributed by atoms with Crippen molar-refractivity contribution in [3.63, 3.8) is 0 Å². The molecule has 0 saturated carbocycles. The predicted octanol–water partition coefficient (Wildman–Crippen LogP) is 3.06. The first-order valence-electron chi connectivity index (χ1n) is 6.04. The van der Waals surface area contributed by atoms with Gasteiger partial charge >= 0.3 is 0 Å². The van der Waals surface area contributed by atoms with Gasteiger partial charge in [0, 0.05) is 18.4 Å². The summed E-state index contributed by atoms with van der Waals surface area (Å²) in [6.45, 7) is 2.56. The van der Waals surface area contributed by atoms with E-state index in [0.29, 0.717) is 17.8 Å². The molecule has 0 aliphatic heterocycles. The van der Waals surface area contributed by atoms with Crippen LogP contribution >= 0.6 is 0 Å². The molecule has 96 valence electrons. The van der Waals surface area contributed by atoms with Gasteiger partial charge in [-0.25, -0.2) is 4.39 Å². The van der Waals surface area contributed by atoms with E-state index in [-0.39, 0.29) is 0 Å². The fraction of sp³-hybridized carbons (Fsp3) is 0.200. The zero-order valence-electron chi connectivity index (χ0n) is 10.7. The number of aryl methyl sites for hydroxylation is 1. The Bertz CT molecular complexity index is 600. The number of pyridine rings is 1. The molecule has 1 N–H and O–H groups in total. The highest BCUT2D eigenvalue weighted by atomic mass is 19.1. The van der Waals surface area contributed by atoms with Gasteiger partial charge in [-0.3, -0.25) is 4.98 Å². The summed E-state index contributed by atoms with van der Waals surface area (Å²) >= 11 is 0. The minimum Gasteiger partial charge on any atom is -0.382 e. The fourth-order valence-electron chi connectivity index (χ4n) is 1.72. The number of nitriles is 1. The Balaban J connectivity index is 1.92. The average molecular weight is 255 g/mol. The molecule has 3 nitrogen and oxygen atoms in total. The maximum absolute atomic E-state index is 13.6. The van der Waals surface area contributed by atoms with Crippen molar-refractivity contribution < 1.29 is 4.39 Å². The normalized spacial score (nSPS) is 9.95. The van der Waals surface area contributed by atoms with Crippen LogP contribution in [0, 0.1) is 24.1 Å². The maximum atomic E-state index is 13.6. The lowest BCUT2D eigenvalue weighted by Crippen LogP contribution is -2.06. The molecule has 0 unspecified atom stereocenters. The molecule has 2 aromatic rings. The number of aromatic nitrogens is 1. The second-order valence-electron chi connectivity index (χ2n) is 4.29. The monoisotopic (exact) mass is 255 g/mol. The summed E-state index contributed by atoms with van der Waals surface area (Å²) < 4.78 is 13.6. The molecule has 1 aromatic carbocycles. The molecule has 0 aliphatic carbocycles. The quantitative estimate of drug-likeness (QED) is 0.913. The molecule has 0 atom stereocenters. The second kappa shape index (κ2) is 5.96. The number of anilines is 1. The zero-order chi connectivity index (χ0) is 13.7. The maximum Gasteiger partial charge on any atom is 0.147 e. The SMILES string of the molecule is Cc1ccc(CCNc2ccc(C#N)cc2F)cn1. The number of rotatable bonds is 4. The van der Waals surface area contributed by atoms with Gasteiger partial charge in [-0.15, -0.1) is 0 Å². The number of hydrogen-bond donors (Lipinski definition) is 1. The Morgan fingerprint density at radius 2 is 2.16 bits per heavy atom. The van der Waals surface area contributed by atoms with Gasteiger partial charge in [0.15, 0.2) is 0 Å². The van der Waals surface area contributed by atoms with Gasteiger partial charge in [0.25, 0.3) is 0 Å². The summed E-state index contributed by atoms with van der Waals surface area (Å²) in [5.41, 5.74) is 2.83. The molecule has 0 spiro atoms. The summed E-state index contributed by atoms with van der Waals surface area (Å²) in [5, 5.41) is 11.7. The zero-order valence-corrected chi connectivity index (χ0v) is 10.7. The van der Waals surface area contributed by atoms with Gasteiger partial charge in [-0.05, 0) is 43.2 Å². The van der Waals surface area contributed by atoms with E-state index in [1.807, 2.05) is 31.3 Å². The fourth-order valence-corrected chi connectivity index (χ4v) is 1.72. The number of nitrogens with zero attached hydrogens (tertiary/aromatic N) is 2. The predicted molar refractivity (Wildman–Crippen MR) is 72.3 cm³/mol. The Hall–Kier alpha value is -2.41. The minimum absolute atomic E-state index is 0.325. The van der Waals surface area contributed by atoms with Crippen molar-refractivity contribution >= 4 is 5.69 Å². The summed E-state index contributed by atoms with van der Waals surface area (Å²) in [4.78, 5) is 4.21. The van der Waals surface area contributed by atoms with Crippen LogP contribution in [0.3, 0.4) is 0 Å². The molecule has 2 rings (SSSR count). The van der Waals surface area contributed by atoms with Crippen LogP contribution in [0.1, 0.15) is 16.8 Å². The molecule has 0 radical (unpaired) electrons. The Labute approximate surface area is 111 Å². The van der Waals surface area contributed by atoms with Crippen molar-refractivity contribution in [2.24, 2.45) is 0 Å². The highest BCUT2D eigenvalue weighted by Crippen LogP contribution is 2.15. The largest absolute Gasteiger partial charge is 0.382 e. The molecule has 1 heterocycles. The third-order valence-electron chi connectivity index (χ3n) is 2.80. The van der Waals surface area contributed by atoms with E-state index in [1.165, 1.54) is 6.07 Å². The first-order chi connectivity index (χ1) is 9.19. The lowest BCUT2D eigenvalue weighted by molar-refractivity contribution is 0.629. The minimum atomic E-state index is -0.402. The van der Waals surface area contributed by atoms with Crippen LogP contribution in [0.2, 0.25) is 0 Å². The summed E-state index contributed by atoms with van der Waals surface area (Å²) in [5.74, 6) is -0.402. The Morgan fingerprint density at radius 1 is 1.32 bits per heavy atom. The van der Waals surface area contributed by atoms with Crippen molar-refractivity contribution in [1.29, 1.82) is 5.26 Å². The topological polar surface area (TPSA) is 48.7 Å². The van der Waals surface area contributed by atoms with Crippen molar-refractivity contribution in [2.45, 2.75) is 13.3 Å². The molecule has 4 heteroatoms. The van der Waals surface area contributed by atoms with Crippen LogP contribution < -0.4 is 5.32 Å². The van der Waals surface area contributed by atoms with Crippen LogP contribution in [0.15, 0.2) is 36.5 Å². The summed E-state index contributed by atoms with van der Waals surface area (Å²) in [6, 6.07) is 10.3. The highest BCUT2D eigenvalue weighted by Gasteiger charge is 2.02. The highest BCUT2D eigenvalue weighted by molar-refractivity contribution is 5.48. The number of halogens is 1. The molecule has 0 fully saturated rings. The molecule has 1 aromatic heterocycles. The van der Waals surface area contributed by atoms with Gasteiger partial charge in [-0.2, -0.15) is 5.26 Å². The van der Waals surface area contributed by atoms with Gasteiger partial charge in [0.2, 0.25) is 0 Å². The van der Waals surface area contributed by atoms with Crippen LogP contribution in [0.25, 0.3) is 0 Å². The van der Waals surface area contributed by atoms with Crippen LogP contribution in [0.4, 0.5) is 10.1 Å². The molecule has 0 aliphatic rings.